The number of methoxy groups -OCH3 is 1. The van der Waals surface area contributed by atoms with Crippen LogP contribution in [0.1, 0.15) is 45.7 Å². The molecule has 8 N–H and O–H groups in total. The Morgan fingerprint density at radius 2 is 1.22 bits per heavy atom. The Kier molecular flexibility index (Phi) is 11.2. The number of benzene rings is 2. The summed E-state index contributed by atoms with van der Waals surface area (Å²) in [6.07, 6.45) is 0.937. The van der Waals surface area contributed by atoms with Gasteiger partial charge >= 0.3 is 5.97 Å². The normalized spacial score (nSPS) is 11.2. The first kappa shape index (κ1) is 31.7. The molecule has 0 unspecified atom stereocenters. The van der Waals surface area contributed by atoms with Crippen LogP contribution in [0, 0.1) is 0 Å². The molecule has 2 aromatic rings. The number of carbonyl (C=O) groups excluding carboxylic acids is 2. The van der Waals surface area contributed by atoms with Gasteiger partial charge in [-0.1, -0.05) is 26.0 Å². The minimum absolute atomic E-state index is 0.0228. The van der Waals surface area contributed by atoms with Crippen LogP contribution in [0.3, 0.4) is 0 Å². The lowest BCUT2D eigenvalue weighted by molar-refractivity contribution is 0.0599. The number of primary sulfonamides is 2. The SMILES string of the molecule is CCc1ccc(C(=O)N=C(N)N)c(Br)c1S(N)(=O)=O.CCc1ccc(C(=O)OC)c(Br)c1S(N)(=O)=O. The highest BCUT2D eigenvalue weighted by molar-refractivity contribution is 9.10. The summed E-state index contributed by atoms with van der Waals surface area (Å²) in [6, 6.07) is 5.99. The number of nitrogens with two attached hydrogens (primary N) is 4. The third kappa shape index (κ3) is 7.81. The van der Waals surface area contributed by atoms with Gasteiger partial charge in [-0.15, -0.1) is 0 Å². The van der Waals surface area contributed by atoms with Crippen LogP contribution in [0.5, 0.6) is 0 Å². The number of hydrogen-bond donors (Lipinski definition) is 4. The van der Waals surface area contributed by atoms with Crippen molar-refractivity contribution in [3.8, 4) is 0 Å². The molecule has 0 saturated carbocycles. The highest BCUT2D eigenvalue weighted by Crippen LogP contribution is 2.30. The molecule has 0 fully saturated rings. The molecule has 0 bridgehead atoms. The largest absolute Gasteiger partial charge is 0.465 e. The van der Waals surface area contributed by atoms with E-state index in [1.54, 1.807) is 19.9 Å². The molecule has 0 aliphatic heterocycles. The first-order valence-corrected chi connectivity index (χ1v) is 14.6. The second-order valence-electron chi connectivity index (χ2n) is 6.96. The monoisotopic (exact) mass is 669 g/mol. The van der Waals surface area contributed by atoms with E-state index in [1.165, 1.54) is 25.3 Å². The average molecular weight is 671 g/mol. The molecule has 12 nitrogen and oxygen atoms in total. The number of guanidine groups is 1. The van der Waals surface area contributed by atoms with Crippen molar-refractivity contribution < 1.29 is 31.2 Å². The van der Waals surface area contributed by atoms with Crippen molar-refractivity contribution in [2.24, 2.45) is 26.7 Å². The molecule has 0 saturated heterocycles. The molecule has 0 radical (unpaired) electrons. The van der Waals surface area contributed by atoms with E-state index >= 15 is 0 Å². The molecule has 0 spiro atoms. The molecule has 0 aliphatic rings. The first-order valence-electron chi connectivity index (χ1n) is 9.91. The number of aryl methyl sites for hydroxylation is 2. The standard InChI is InChI=1S/C10H13BrN4O3S.C10H12BrNO4S/c1-2-5-3-4-6(9(16)15-10(12)13)7(11)8(5)19(14,17)18;1-3-6-4-5-7(10(13)16-2)8(11)9(6)17(12,14)15/h3-4H,2H2,1H3,(H2,14,17,18)(H4,12,13,15,16);4-5H,3H2,1-2H3,(H2,12,14,15). The number of amides is 1. The topological polar surface area (TPSA) is 228 Å². The van der Waals surface area contributed by atoms with Gasteiger partial charge in [0, 0.05) is 0 Å². The van der Waals surface area contributed by atoms with Gasteiger partial charge < -0.3 is 16.2 Å². The van der Waals surface area contributed by atoms with Crippen LogP contribution in [-0.2, 0) is 37.6 Å². The zero-order valence-corrected chi connectivity index (χ0v) is 24.2. The van der Waals surface area contributed by atoms with E-state index in [4.69, 9.17) is 21.7 Å². The molecule has 0 heterocycles. The van der Waals surface area contributed by atoms with Crippen molar-refractivity contribution in [1.82, 2.24) is 0 Å². The van der Waals surface area contributed by atoms with E-state index in [0.717, 1.165) is 0 Å². The molecule has 0 aromatic heterocycles. The molecular formula is C20H25Br2N5O7S2. The van der Waals surface area contributed by atoms with Gasteiger partial charge in [0.15, 0.2) is 5.96 Å². The molecular weight excluding hydrogens is 646 g/mol. The van der Waals surface area contributed by atoms with Crippen molar-refractivity contribution in [3.05, 3.63) is 55.5 Å². The van der Waals surface area contributed by atoms with Gasteiger partial charge in [-0.2, -0.15) is 4.99 Å². The smallest absolute Gasteiger partial charge is 0.339 e. The fourth-order valence-corrected chi connectivity index (χ4v) is 7.31. The molecule has 0 atom stereocenters. The highest BCUT2D eigenvalue weighted by Gasteiger charge is 2.24. The molecule has 2 rings (SSSR count). The number of nitrogens with zero attached hydrogens (tertiary/aromatic N) is 1. The molecule has 1 amide bonds. The number of hydrogen-bond acceptors (Lipinski definition) is 7. The quantitative estimate of drug-likeness (QED) is 0.198. The summed E-state index contributed by atoms with van der Waals surface area (Å²) in [4.78, 5) is 26.3. The number of ether oxygens (including phenoxy) is 1. The van der Waals surface area contributed by atoms with Gasteiger partial charge in [-0.05, 0) is 68.0 Å². The minimum atomic E-state index is -3.97. The number of aliphatic imine (C=N–C) groups is 1. The van der Waals surface area contributed by atoms with Crippen molar-refractivity contribution in [1.29, 1.82) is 0 Å². The van der Waals surface area contributed by atoms with Crippen LogP contribution in [0.4, 0.5) is 0 Å². The summed E-state index contributed by atoms with van der Waals surface area (Å²) >= 11 is 6.16. The van der Waals surface area contributed by atoms with Crippen LogP contribution >= 0.6 is 31.9 Å². The maximum absolute atomic E-state index is 11.7. The number of carbonyl (C=O) groups is 2. The highest BCUT2D eigenvalue weighted by atomic mass is 79.9. The predicted octanol–water partition coefficient (Wildman–Crippen LogP) is 1.52. The zero-order chi connectivity index (χ0) is 28.0. The maximum Gasteiger partial charge on any atom is 0.339 e. The third-order valence-corrected chi connectivity index (χ3v) is 8.80. The van der Waals surface area contributed by atoms with E-state index < -0.39 is 37.9 Å². The second-order valence-corrected chi connectivity index (χ2v) is 11.5. The van der Waals surface area contributed by atoms with E-state index in [2.05, 4.69) is 41.6 Å². The van der Waals surface area contributed by atoms with Crippen LogP contribution in [-0.4, -0.2) is 41.8 Å². The summed E-state index contributed by atoms with van der Waals surface area (Å²) in [6.45, 7) is 3.57. The molecule has 198 valence electrons. The number of esters is 1. The average Bonchev–Trinajstić information content (AvgIpc) is 2.75. The summed E-state index contributed by atoms with van der Waals surface area (Å²) < 4.78 is 50.9. The zero-order valence-electron chi connectivity index (χ0n) is 19.4. The molecule has 0 aliphatic carbocycles. The van der Waals surface area contributed by atoms with Gasteiger partial charge in [0.1, 0.15) is 0 Å². The number of rotatable bonds is 6. The van der Waals surface area contributed by atoms with Crippen molar-refractivity contribution in [2.45, 2.75) is 36.5 Å². The Morgan fingerprint density at radius 3 is 1.56 bits per heavy atom. The lowest BCUT2D eigenvalue weighted by Gasteiger charge is -2.11. The van der Waals surface area contributed by atoms with E-state index in [9.17, 15) is 26.4 Å². The Morgan fingerprint density at radius 1 is 0.833 bits per heavy atom. The molecule has 36 heavy (non-hydrogen) atoms. The van der Waals surface area contributed by atoms with Crippen molar-refractivity contribution in [2.75, 3.05) is 7.11 Å². The number of sulfonamides is 2. The van der Waals surface area contributed by atoms with Crippen LogP contribution < -0.4 is 21.7 Å². The minimum Gasteiger partial charge on any atom is -0.465 e. The second kappa shape index (κ2) is 12.7. The summed E-state index contributed by atoms with van der Waals surface area (Å²) in [5, 5.41) is 10.3. The Balaban J connectivity index is 0.000000362. The maximum atomic E-state index is 11.7. The van der Waals surface area contributed by atoms with Crippen molar-refractivity contribution >= 4 is 69.7 Å². The summed E-state index contributed by atoms with van der Waals surface area (Å²) in [7, 11) is -6.64. The first-order chi connectivity index (χ1) is 16.5. The van der Waals surface area contributed by atoms with Gasteiger partial charge in [-0.25, -0.2) is 31.9 Å². The fourth-order valence-electron chi connectivity index (χ4n) is 2.97. The van der Waals surface area contributed by atoms with E-state index in [-0.39, 0.29) is 29.9 Å². The molecule has 16 heteroatoms. The predicted molar refractivity (Wildman–Crippen MR) is 141 cm³/mol. The molecule has 2 aromatic carbocycles. The number of halogens is 2. The van der Waals surface area contributed by atoms with Crippen molar-refractivity contribution in [3.63, 3.8) is 0 Å². The van der Waals surface area contributed by atoms with Crippen LogP contribution in [0.25, 0.3) is 0 Å². The summed E-state index contributed by atoms with van der Waals surface area (Å²) in [5.41, 5.74) is 11.4. The Labute approximate surface area is 225 Å². The lowest BCUT2D eigenvalue weighted by atomic mass is 10.1. The Hall–Kier alpha value is -2.37. The van der Waals surface area contributed by atoms with Crippen LogP contribution in [0.15, 0.2) is 48.0 Å². The van der Waals surface area contributed by atoms with Gasteiger partial charge in [0.25, 0.3) is 5.91 Å². The lowest BCUT2D eigenvalue weighted by Crippen LogP contribution is -2.24. The summed E-state index contributed by atoms with van der Waals surface area (Å²) in [5.74, 6) is -1.78. The van der Waals surface area contributed by atoms with Gasteiger partial charge in [0.05, 0.1) is 37.0 Å². The van der Waals surface area contributed by atoms with E-state index in [0.29, 0.717) is 24.0 Å². The van der Waals surface area contributed by atoms with Gasteiger partial charge in [-0.3, -0.25) is 4.79 Å². The van der Waals surface area contributed by atoms with E-state index in [1.807, 2.05) is 0 Å². The van der Waals surface area contributed by atoms with Crippen LogP contribution in [0.2, 0.25) is 0 Å². The third-order valence-electron chi connectivity index (χ3n) is 4.55. The Bertz CT molecular complexity index is 1420. The fraction of sp³-hybridized carbons (Fsp3) is 0.250. The van der Waals surface area contributed by atoms with Gasteiger partial charge in [0.2, 0.25) is 20.0 Å².